The van der Waals surface area contributed by atoms with Crippen LogP contribution in [0.5, 0.6) is 0 Å². The minimum absolute atomic E-state index is 0.103. The van der Waals surface area contributed by atoms with Crippen LogP contribution >= 0.6 is 0 Å². The second-order valence-corrected chi connectivity index (χ2v) is 4.07. The predicted molar refractivity (Wildman–Crippen MR) is 54.5 cm³/mol. The molecular weight excluding hydrogens is 180 g/mol. The zero-order valence-electron chi connectivity index (χ0n) is 8.16. The lowest BCUT2D eigenvalue weighted by molar-refractivity contribution is 0.0839. The summed E-state index contributed by atoms with van der Waals surface area (Å²) in [5.74, 6) is 0.787. The number of aromatic amines is 1. The Morgan fingerprint density at radius 2 is 2.36 bits per heavy atom. The molecule has 2 heterocycles. The highest BCUT2D eigenvalue weighted by atomic mass is 16.3. The van der Waals surface area contributed by atoms with Crippen LogP contribution in [0, 0.1) is 0 Å². The van der Waals surface area contributed by atoms with E-state index in [1.54, 1.807) is 6.07 Å². The van der Waals surface area contributed by atoms with Gasteiger partial charge in [-0.15, -0.1) is 0 Å². The third-order valence-corrected chi connectivity index (χ3v) is 2.55. The van der Waals surface area contributed by atoms with Gasteiger partial charge in [0.25, 0.3) is 0 Å². The number of hydrogen-bond acceptors (Lipinski definition) is 3. The van der Waals surface area contributed by atoms with E-state index >= 15 is 0 Å². The maximum atomic E-state index is 11.1. The molecule has 1 saturated heterocycles. The fraction of sp³-hybridized carbons (Fsp3) is 0.500. The Morgan fingerprint density at radius 1 is 1.57 bits per heavy atom. The first-order valence-electron chi connectivity index (χ1n) is 4.73. The van der Waals surface area contributed by atoms with Crippen LogP contribution in [0.4, 0.5) is 5.82 Å². The molecular formula is C10H14N2O2. The van der Waals surface area contributed by atoms with Crippen LogP contribution in [0.2, 0.25) is 0 Å². The topological polar surface area (TPSA) is 56.3 Å². The highest BCUT2D eigenvalue weighted by molar-refractivity contribution is 5.39. The van der Waals surface area contributed by atoms with Gasteiger partial charge in [0.05, 0.1) is 5.60 Å². The van der Waals surface area contributed by atoms with E-state index in [9.17, 15) is 9.90 Å². The van der Waals surface area contributed by atoms with Crippen LogP contribution in [0.25, 0.3) is 0 Å². The van der Waals surface area contributed by atoms with E-state index in [1.807, 2.05) is 17.9 Å². The molecule has 2 N–H and O–H groups in total. The van der Waals surface area contributed by atoms with Gasteiger partial charge in [0.15, 0.2) is 0 Å². The number of β-amino-alcohol motifs (C(OH)–C–C–N with tert-alkyl or cyclic N) is 1. The van der Waals surface area contributed by atoms with Crippen LogP contribution in [-0.2, 0) is 0 Å². The summed E-state index contributed by atoms with van der Waals surface area (Å²) in [7, 11) is 0. The van der Waals surface area contributed by atoms with E-state index in [1.165, 1.54) is 6.07 Å². The minimum atomic E-state index is -0.632. The molecule has 76 valence electrons. The van der Waals surface area contributed by atoms with E-state index in [2.05, 4.69) is 4.98 Å². The molecule has 1 unspecified atom stereocenters. The Hall–Kier alpha value is -1.29. The van der Waals surface area contributed by atoms with Crippen LogP contribution in [0.1, 0.15) is 13.3 Å². The van der Waals surface area contributed by atoms with Crippen molar-refractivity contribution < 1.29 is 5.11 Å². The third-order valence-electron chi connectivity index (χ3n) is 2.55. The number of aliphatic hydroxyl groups is 1. The van der Waals surface area contributed by atoms with E-state index in [0.29, 0.717) is 6.54 Å². The molecule has 0 spiro atoms. The Balaban J connectivity index is 2.22. The lowest BCUT2D eigenvalue weighted by Gasteiger charge is -2.19. The molecule has 0 bridgehead atoms. The lowest BCUT2D eigenvalue weighted by Crippen LogP contribution is -2.30. The molecule has 1 atom stereocenters. The Labute approximate surface area is 82.2 Å². The number of aromatic nitrogens is 1. The van der Waals surface area contributed by atoms with E-state index in [0.717, 1.165) is 18.8 Å². The third kappa shape index (κ3) is 1.80. The first-order valence-corrected chi connectivity index (χ1v) is 4.73. The molecule has 0 amide bonds. The maximum Gasteiger partial charge on any atom is 0.249 e. The van der Waals surface area contributed by atoms with Gasteiger partial charge < -0.3 is 15.0 Å². The molecule has 4 heteroatoms. The summed E-state index contributed by atoms with van der Waals surface area (Å²) in [5.41, 5.74) is -0.735. The maximum absolute atomic E-state index is 11.1. The monoisotopic (exact) mass is 194 g/mol. The van der Waals surface area contributed by atoms with Gasteiger partial charge in [0.2, 0.25) is 5.56 Å². The summed E-state index contributed by atoms with van der Waals surface area (Å²) in [6.07, 6.45) is 0.740. The summed E-state index contributed by atoms with van der Waals surface area (Å²) in [6, 6.07) is 5.06. The number of rotatable bonds is 1. The van der Waals surface area contributed by atoms with Crippen molar-refractivity contribution in [3.63, 3.8) is 0 Å². The van der Waals surface area contributed by atoms with E-state index in [-0.39, 0.29) is 5.56 Å². The highest BCUT2D eigenvalue weighted by Crippen LogP contribution is 2.23. The van der Waals surface area contributed by atoms with Crippen molar-refractivity contribution >= 4 is 5.82 Å². The van der Waals surface area contributed by atoms with Crippen molar-refractivity contribution in [2.45, 2.75) is 18.9 Å². The standard InChI is InChI=1S/C10H14N2O2/c1-10(14)5-6-12(7-10)8-3-2-4-9(13)11-8/h2-4,14H,5-7H2,1H3,(H,11,13). The SMILES string of the molecule is CC1(O)CCN(c2cccc(=O)[nH]2)C1. The van der Waals surface area contributed by atoms with Crippen molar-refractivity contribution in [2.75, 3.05) is 18.0 Å². The van der Waals surface area contributed by atoms with Gasteiger partial charge in [0.1, 0.15) is 5.82 Å². The van der Waals surface area contributed by atoms with Crippen LogP contribution < -0.4 is 10.5 Å². The van der Waals surface area contributed by atoms with Gasteiger partial charge in [-0.3, -0.25) is 4.79 Å². The Kier molecular flexibility index (Phi) is 2.07. The first kappa shape index (κ1) is 9.27. The first-order chi connectivity index (χ1) is 6.57. The normalized spacial score (nSPS) is 26.9. The van der Waals surface area contributed by atoms with Crippen LogP contribution in [0.15, 0.2) is 23.0 Å². The summed E-state index contributed by atoms with van der Waals surface area (Å²) in [6.45, 7) is 3.17. The molecule has 2 rings (SSSR count). The Bertz CT molecular complexity index is 384. The summed E-state index contributed by atoms with van der Waals surface area (Å²) in [4.78, 5) is 15.8. The molecule has 0 aliphatic carbocycles. The van der Waals surface area contributed by atoms with Gasteiger partial charge >= 0.3 is 0 Å². The number of nitrogens with one attached hydrogen (secondary N) is 1. The number of nitrogens with zero attached hydrogens (tertiary/aromatic N) is 1. The average molecular weight is 194 g/mol. The van der Waals surface area contributed by atoms with Gasteiger partial charge in [-0.1, -0.05) is 6.07 Å². The van der Waals surface area contributed by atoms with Gasteiger partial charge in [-0.05, 0) is 19.4 Å². The lowest BCUT2D eigenvalue weighted by atomic mass is 10.1. The molecule has 1 fully saturated rings. The Morgan fingerprint density at radius 3 is 2.93 bits per heavy atom. The smallest absolute Gasteiger partial charge is 0.249 e. The number of pyridine rings is 1. The van der Waals surface area contributed by atoms with Crippen molar-refractivity contribution in [2.24, 2.45) is 0 Å². The molecule has 1 aromatic rings. The largest absolute Gasteiger partial charge is 0.388 e. The number of hydrogen-bond donors (Lipinski definition) is 2. The van der Waals surface area contributed by atoms with Crippen molar-refractivity contribution in [3.8, 4) is 0 Å². The molecule has 1 aliphatic rings. The number of H-pyrrole nitrogens is 1. The zero-order valence-corrected chi connectivity index (χ0v) is 8.16. The average Bonchev–Trinajstić information content (AvgIpc) is 2.46. The molecule has 0 saturated carbocycles. The minimum Gasteiger partial charge on any atom is -0.388 e. The van der Waals surface area contributed by atoms with Crippen molar-refractivity contribution in [3.05, 3.63) is 28.6 Å². The van der Waals surface area contributed by atoms with E-state index in [4.69, 9.17) is 0 Å². The molecule has 1 aliphatic heterocycles. The summed E-state index contributed by atoms with van der Waals surface area (Å²) < 4.78 is 0. The molecule has 1 aromatic heterocycles. The molecule has 4 nitrogen and oxygen atoms in total. The van der Waals surface area contributed by atoms with Gasteiger partial charge in [0, 0.05) is 19.2 Å². The van der Waals surface area contributed by atoms with Crippen molar-refractivity contribution in [1.29, 1.82) is 0 Å². The molecule has 14 heavy (non-hydrogen) atoms. The summed E-state index contributed by atoms with van der Waals surface area (Å²) in [5, 5.41) is 9.76. The van der Waals surface area contributed by atoms with E-state index < -0.39 is 5.60 Å². The van der Waals surface area contributed by atoms with Gasteiger partial charge in [-0.2, -0.15) is 0 Å². The zero-order chi connectivity index (χ0) is 10.2. The quantitative estimate of drug-likeness (QED) is 0.677. The van der Waals surface area contributed by atoms with Crippen LogP contribution in [0.3, 0.4) is 0 Å². The highest BCUT2D eigenvalue weighted by Gasteiger charge is 2.31. The van der Waals surface area contributed by atoms with Crippen LogP contribution in [-0.4, -0.2) is 28.8 Å². The second kappa shape index (κ2) is 3.13. The molecule has 0 aromatic carbocycles. The fourth-order valence-corrected chi connectivity index (χ4v) is 1.77. The predicted octanol–water partition coefficient (Wildman–Crippen LogP) is 0.336. The van der Waals surface area contributed by atoms with Gasteiger partial charge in [-0.25, -0.2) is 0 Å². The molecule has 0 radical (unpaired) electrons. The second-order valence-electron chi connectivity index (χ2n) is 4.07. The number of anilines is 1. The van der Waals surface area contributed by atoms with Crippen molar-refractivity contribution in [1.82, 2.24) is 4.98 Å². The fourth-order valence-electron chi connectivity index (χ4n) is 1.77. The summed E-state index contributed by atoms with van der Waals surface area (Å²) >= 11 is 0.